The lowest BCUT2D eigenvalue weighted by Crippen LogP contribution is -2.23. The molecular weight excluding hydrogens is 122 g/mol. The van der Waals surface area contributed by atoms with Gasteiger partial charge < -0.3 is 5.32 Å². The molecular formula is C9H17N. The molecule has 58 valence electrons. The van der Waals surface area contributed by atoms with Gasteiger partial charge in [0.05, 0.1) is 0 Å². The maximum absolute atomic E-state index is 3.29. The zero-order chi connectivity index (χ0) is 6.97. The van der Waals surface area contributed by atoms with Gasteiger partial charge in [0.15, 0.2) is 0 Å². The van der Waals surface area contributed by atoms with E-state index in [-0.39, 0.29) is 0 Å². The van der Waals surface area contributed by atoms with Crippen LogP contribution in [-0.4, -0.2) is 13.6 Å². The molecule has 2 saturated carbocycles. The van der Waals surface area contributed by atoms with Crippen LogP contribution < -0.4 is 5.32 Å². The van der Waals surface area contributed by atoms with E-state index in [2.05, 4.69) is 12.4 Å². The number of fused-ring (bicyclic) bond motifs is 1. The monoisotopic (exact) mass is 139 g/mol. The van der Waals surface area contributed by atoms with E-state index in [9.17, 15) is 0 Å². The third-order valence-corrected chi connectivity index (χ3v) is 3.20. The van der Waals surface area contributed by atoms with Gasteiger partial charge in [-0.15, -0.1) is 0 Å². The minimum absolute atomic E-state index is 1.03. The Morgan fingerprint density at radius 3 is 3.10 bits per heavy atom. The first kappa shape index (κ1) is 6.66. The second-order valence-corrected chi connectivity index (χ2v) is 3.91. The van der Waals surface area contributed by atoms with Crippen LogP contribution >= 0.6 is 0 Å². The quantitative estimate of drug-likeness (QED) is 0.613. The fraction of sp³-hybridized carbons (Fsp3) is 1.00. The van der Waals surface area contributed by atoms with Gasteiger partial charge in [-0.05, 0) is 44.2 Å². The van der Waals surface area contributed by atoms with Gasteiger partial charge in [0.2, 0.25) is 0 Å². The first-order valence-corrected chi connectivity index (χ1v) is 4.56. The average molecular weight is 139 g/mol. The van der Waals surface area contributed by atoms with E-state index < -0.39 is 0 Å². The average Bonchev–Trinajstić information content (AvgIpc) is 2.67. The molecule has 1 nitrogen and oxygen atoms in total. The van der Waals surface area contributed by atoms with Crippen LogP contribution in [-0.2, 0) is 0 Å². The fourth-order valence-electron chi connectivity index (χ4n) is 2.55. The van der Waals surface area contributed by atoms with Gasteiger partial charge in [0.1, 0.15) is 0 Å². The van der Waals surface area contributed by atoms with Crippen LogP contribution in [0.2, 0.25) is 0 Å². The van der Waals surface area contributed by atoms with Crippen molar-refractivity contribution in [3.05, 3.63) is 0 Å². The molecule has 1 heteroatoms. The summed E-state index contributed by atoms with van der Waals surface area (Å²) in [5, 5.41) is 3.29. The van der Waals surface area contributed by atoms with Crippen LogP contribution in [0, 0.1) is 17.8 Å². The van der Waals surface area contributed by atoms with E-state index in [1.54, 1.807) is 6.42 Å². The third-order valence-electron chi connectivity index (χ3n) is 3.20. The first-order chi connectivity index (χ1) is 4.92. The Labute approximate surface area is 63.2 Å². The number of hydrogen-bond acceptors (Lipinski definition) is 1. The molecule has 2 aliphatic carbocycles. The maximum Gasteiger partial charge on any atom is -0.00208 e. The van der Waals surface area contributed by atoms with Crippen molar-refractivity contribution >= 4 is 0 Å². The topological polar surface area (TPSA) is 12.0 Å². The summed E-state index contributed by atoms with van der Waals surface area (Å²) in [4.78, 5) is 0. The van der Waals surface area contributed by atoms with E-state index in [0.717, 1.165) is 17.8 Å². The second kappa shape index (κ2) is 2.54. The number of hydrogen-bond donors (Lipinski definition) is 1. The van der Waals surface area contributed by atoms with Crippen molar-refractivity contribution in [1.82, 2.24) is 5.32 Å². The minimum Gasteiger partial charge on any atom is -0.319 e. The zero-order valence-corrected chi connectivity index (χ0v) is 6.77. The summed E-state index contributed by atoms with van der Waals surface area (Å²) in [6.07, 6.45) is 6.06. The summed E-state index contributed by atoms with van der Waals surface area (Å²) >= 11 is 0. The van der Waals surface area contributed by atoms with Gasteiger partial charge in [0.25, 0.3) is 0 Å². The molecule has 2 rings (SSSR count). The Bertz CT molecular complexity index is 120. The lowest BCUT2D eigenvalue weighted by molar-refractivity contribution is 0.328. The molecule has 0 aromatic carbocycles. The molecule has 10 heavy (non-hydrogen) atoms. The summed E-state index contributed by atoms with van der Waals surface area (Å²) in [5.74, 6) is 3.30. The van der Waals surface area contributed by atoms with Crippen molar-refractivity contribution in [2.24, 2.45) is 17.8 Å². The molecule has 2 aliphatic rings. The van der Waals surface area contributed by atoms with Crippen LogP contribution in [0.25, 0.3) is 0 Å². The summed E-state index contributed by atoms with van der Waals surface area (Å²) < 4.78 is 0. The molecule has 0 heterocycles. The molecule has 0 radical (unpaired) electrons. The van der Waals surface area contributed by atoms with E-state index in [1.807, 2.05) is 0 Å². The van der Waals surface area contributed by atoms with Crippen molar-refractivity contribution in [2.45, 2.75) is 25.7 Å². The second-order valence-electron chi connectivity index (χ2n) is 3.91. The Kier molecular flexibility index (Phi) is 1.69. The molecule has 0 aliphatic heterocycles. The van der Waals surface area contributed by atoms with Gasteiger partial charge in [-0.3, -0.25) is 0 Å². The standard InChI is InChI=1S/C9H17N/c1-10-6-8-4-2-3-7-5-9(7)8/h7-10H,2-6H2,1H3. The maximum atomic E-state index is 3.29. The predicted molar refractivity (Wildman–Crippen MR) is 42.9 cm³/mol. The van der Waals surface area contributed by atoms with E-state index in [4.69, 9.17) is 0 Å². The number of nitrogens with one attached hydrogen (secondary N) is 1. The van der Waals surface area contributed by atoms with Crippen LogP contribution in [0.3, 0.4) is 0 Å². The molecule has 0 spiro atoms. The molecule has 1 N–H and O–H groups in total. The first-order valence-electron chi connectivity index (χ1n) is 4.56. The minimum atomic E-state index is 1.03. The molecule has 0 bridgehead atoms. The normalized spacial score (nSPS) is 44.7. The highest BCUT2D eigenvalue weighted by Gasteiger charge is 2.44. The third kappa shape index (κ3) is 1.07. The summed E-state index contributed by atoms with van der Waals surface area (Å²) in [6.45, 7) is 1.27. The van der Waals surface area contributed by atoms with Crippen LogP contribution in [0.5, 0.6) is 0 Å². The zero-order valence-electron chi connectivity index (χ0n) is 6.77. The Hall–Kier alpha value is -0.0400. The lowest BCUT2D eigenvalue weighted by Gasteiger charge is -2.20. The molecule has 0 amide bonds. The largest absolute Gasteiger partial charge is 0.319 e. The molecule has 3 atom stereocenters. The Morgan fingerprint density at radius 1 is 1.40 bits per heavy atom. The van der Waals surface area contributed by atoms with Crippen molar-refractivity contribution < 1.29 is 0 Å². The van der Waals surface area contributed by atoms with Crippen molar-refractivity contribution in [2.75, 3.05) is 13.6 Å². The summed E-state index contributed by atoms with van der Waals surface area (Å²) in [5.41, 5.74) is 0. The smallest absolute Gasteiger partial charge is 0.00208 e. The highest BCUT2D eigenvalue weighted by atomic mass is 14.8. The molecule has 2 fully saturated rings. The van der Waals surface area contributed by atoms with E-state index >= 15 is 0 Å². The Balaban J connectivity index is 1.84. The van der Waals surface area contributed by atoms with Crippen LogP contribution in [0.1, 0.15) is 25.7 Å². The van der Waals surface area contributed by atoms with Gasteiger partial charge >= 0.3 is 0 Å². The highest BCUT2D eigenvalue weighted by molar-refractivity contribution is 4.95. The van der Waals surface area contributed by atoms with Crippen molar-refractivity contribution in [3.8, 4) is 0 Å². The lowest BCUT2D eigenvalue weighted by atomic mass is 9.89. The van der Waals surface area contributed by atoms with E-state index in [1.165, 1.54) is 25.8 Å². The highest BCUT2D eigenvalue weighted by Crippen LogP contribution is 2.52. The molecule has 3 unspecified atom stereocenters. The van der Waals surface area contributed by atoms with Crippen molar-refractivity contribution in [1.29, 1.82) is 0 Å². The molecule has 0 aromatic heterocycles. The van der Waals surface area contributed by atoms with E-state index in [0.29, 0.717) is 0 Å². The molecule has 0 saturated heterocycles. The number of rotatable bonds is 2. The van der Waals surface area contributed by atoms with Crippen LogP contribution in [0.4, 0.5) is 0 Å². The van der Waals surface area contributed by atoms with Gasteiger partial charge in [0, 0.05) is 0 Å². The van der Waals surface area contributed by atoms with Gasteiger partial charge in [-0.25, -0.2) is 0 Å². The van der Waals surface area contributed by atoms with Gasteiger partial charge in [-0.2, -0.15) is 0 Å². The summed E-state index contributed by atoms with van der Waals surface area (Å²) in [6, 6.07) is 0. The van der Waals surface area contributed by atoms with Crippen LogP contribution in [0.15, 0.2) is 0 Å². The van der Waals surface area contributed by atoms with Crippen molar-refractivity contribution in [3.63, 3.8) is 0 Å². The van der Waals surface area contributed by atoms with Gasteiger partial charge in [-0.1, -0.05) is 12.8 Å². The Morgan fingerprint density at radius 2 is 2.30 bits per heavy atom. The predicted octanol–water partition coefficient (Wildman–Crippen LogP) is 1.64. The summed E-state index contributed by atoms with van der Waals surface area (Å²) in [7, 11) is 2.08. The molecule has 0 aromatic rings. The fourth-order valence-corrected chi connectivity index (χ4v) is 2.55. The SMILES string of the molecule is CNCC1CCCC2CC12.